The number of carbonyl (C=O) groups is 2. The topological polar surface area (TPSA) is 43.4 Å². The molecule has 0 bridgehead atoms. The fourth-order valence-electron chi connectivity index (χ4n) is 2.22. The summed E-state index contributed by atoms with van der Waals surface area (Å²) in [5.74, 6) is -0.149. The molecule has 0 N–H and O–H groups in total. The van der Waals surface area contributed by atoms with Gasteiger partial charge < -0.3 is 4.74 Å². The molecule has 0 aromatic carbocycles. The number of hydrogen-bond acceptors (Lipinski definition) is 3. The van der Waals surface area contributed by atoms with Crippen LogP contribution < -0.4 is 0 Å². The van der Waals surface area contributed by atoms with Crippen molar-refractivity contribution in [2.45, 2.75) is 46.0 Å². The third-order valence-corrected chi connectivity index (χ3v) is 4.01. The minimum Gasteiger partial charge on any atom is -0.462 e. The number of allylic oxidation sites excluding steroid dienone is 4. The number of rotatable bonds is 6. The molecule has 0 aromatic rings. The first-order chi connectivity index (χ1) is 9.54. The molecule has 0 unspecified atom stereocenters. The van der Waals surface area contributed by atoms with Gasteiger partial charge in [-0.2, -0.15) is 0 Å². The average Bonchev–Trinajstić information content (AvgIpc) is 3.19. The largest absolute Gasteiger partial charge is 0.462 e. The Bertz CT molecular complexity index is 490. The minimum atomic E-state index is -0.323. The number of esters is 1. The first kappa shape index (κ1) is 14.8. The van der Waals surface area contributed by atoms with Crippen LogP contribution in [0.1, 0.15) is 46.0 Å². The molecule has 3 heteroatoms. The van der Waals surface area contributed by atoms with Crippen LogP contribution in [0.15, 0.2) is 35.5 Å². The van der Waals surface area contributed by atoms with Crippen LogP contribution in [-0.2, 0) is 14.3 Å². The molecule has 0 atom stereocenters. The summed E-state index contributed by atoms with van der Waals surface area (Å²) >= 11 is 0. The molecule has 0 heterocycles. The molecule has 2 rings (SSSR count). The molecule has 0 spiro atoms. The van der Waals surface area contributed by atoms with Gasteiger partial charge in [0.1, 0.15) is 0 Å². The van der Waals surface area contributed by atoms with E-state index < -0.39 is 0 Å². The van der Waals surface area contributed by atoms with Crippen molar-refractivity contribution >= 4 is 11.8 Å². The van der Waals surface area contributed by atoms with Gasteiger partial charge in [0.25, 0.3) is 0 Å². The molecule has 1 fully saturated rings. The van der Waals surface area contributed by atoms with Gasteiger partial charge in [0.2, 0.25) is 0 Å². The van der Waals surface area contributed by atoms with Gasteiger partial charge in [-0.05, 0) is 44.1 Å². The number of Topliss-reactive ketones (excluding diaryl/α,β-unsaturated/α-hetero) is 1. The van der Waals surface area contributed by atoms with Gasteiger partial charge in [0.05, 0.1) is 12.2 Å². The highest BCUT2D eigenvalue weighted by atomic mass is 16.5. The Balaban J connectivity index is 1.91. The van der Waals surface area contributed by atoms with Crippen molar-refractivity contribution < 1.29 is 14.3 Å². The Morgan fingerprint density at radius 2 is 1.85 bits per heavy atom. The van der Waals surface area contributed by atoms with E-state index in [0.29, 0.717) is 36.0 Å². The maximum Gasteiger partial charge on any atom is 0.337 e. The molecule has 2 aliphatic rings. The predicted molar refractivity (Wildman–Crippen MR) is 78.1 cm³/mol. The molecular formula is C17H22O3. The van der Waals surface area contributed by atoms with Gasteiger partial charge in [-0.25, -0.2) is 4.79 Å². The Morgan fingerprint density at radius 3 is 2.50 bits per heavy atom. The molecule has 1 saturated carbocycles. The Morgan fingerprint density at radius 1 is 1.20 bits per heavy atom. The lowest BCUT2D eigenvalue weighted by Crippen LogP contribution is -2.06. The third-order valence-electron chi connectivity index (χ3n) is 4.01. The lowest BCUT2D eigenvalue weighted by Gasteiger charge is -2.07. The Hall–Kier alpha value is -1.64. The fraction of sp³-hybridized carbons (Fsp3) is 0.529. The summed E-state index contributed by atoms with van der Waals surface area (Å²) in [5.41, 5.74) is 1.64. The van der Waals surface area contributed by atoms with Crippen molar-refractivity contribution in [1.82, 2.24) is 0 Å². The second-order valence-electron chi connectivity index (χ2n) is 5.84. The number of hydrogen-bond donors (Lipinski definition) is 0. The van der Waals surface area contributed by atoms with Crippen LogP contribution in [0.5, 0.6) is 0 Å². The third kappa shape index (κ3) is 3.92. The van der Waals surface area contributed by atoms with E-state index in [0.717, 1.165) is 6.42 Å². The van der Waals surface area contributed by atoms with Crippen LogP contribution in [0.25, 0.3) is 0 Å². The van der Waals surface area contributed by atoms with E-state index in [-0.39, 0.29) is 11.8 Å². The van der Waals surface area contributed by atoms with E-state index in [1.54, 1.807) is 25.2 Å². The van der Waals surface area contributed by atoms with Gasteiger partial charge in [0, 0.05) is 12.0 Å². The monoisotopic (exact) mass is 274 g/mol. The normalized spacial score (nSPS) is 19.7. The van der Waals surface area contributed by atoms with Crippen molar-refractivity contribution in [2.24, 2.45) is 5.41 Å². The molecule has 108 valence electrons. The first-order valence-electron chi connectivity index (χ1n) is 7.33. The molecule has 0 amide bonds. The summed E-state index contributed by atoms with van der Waals surface area (Å²) in [6, 6.07) is 0. The summed E-state index contributed by atoms with van der Waals surface area (Å²) in [6.45, 7) is 4.38. The number of ketones is 1. The van der Waals surface area contributed by atoms with Gasteiger partial charge in [-0.3, -0.25) is 4.79 Å². The summed E-state index contributed by atoms with van der Waals surface area (Å²) < 4.78 is 4.97. The SMILES string of the molecule is CCOC(=O)C1=CCC=C(C(=O)CCC2(C)CC2)C=C1. The van der Waals surface area contributed by atoms with Crippen LogP contribution in [0, 0.1) is 5.41 Å². The number of ether oxygens (including phenoxy) is 1. The Labute approximate surface area is 120 Å². The van der Waals surface area contributed by atoms with Crippen LogP contribution in [0.2, 0.25) is 0 Å². The standard InChI is InChI=1S/C17H22O3/c1-3-20-16(19)14-6-4-5-13(7-8-14)15(18)9-10-17(2)11-12-17/h5-8H,3-4,9-12H2,1-2H3. The molecule has 0 saturated heterocycles. The van der Waals surface area contributed by atoms with Crippen molar-refractivity contribution in [1.29, 1.82) is 0 Å². The maximum absolute atomic E-state index is 12.2. The lowest BCUT2D eigenvalue weighted by atomic mass is 9.97. The summed E-state index contributed by atoms with van der Waals surface area (Å²) in [7, 11) is 0. The van der Waals surface area contributed by atoms with E-state index in [2.05, 4.69) is 6.92 Å². The quantitative estimate of drug-likeness (QED) is 0.696. The highest BCUT2D eigenvalue weighted by molar-refractivity contribution is 5.99. The molecule has 3 nitrogen and oxygen atoms in total. The molecule has 0 radical (unpaired) electrons. The molecule has 20 heavy (non-hydrogen) atoms. The Kier molecular flexibility index (Phi) is 4.58. The van der Waals surface area contributed by atoms with Gasteiger partial charge in [-0.15, -0.1) is 0 Å². The van der Waals surface area contributed by atoms with Crippen molar-refractivity contribution in [3.05, 3.63) is 35.5 Å². The summed E-state index contributed by atoms with van der Waals surface area (Å²) in [6.07, 6.45) is 11.8. The highest BCUT2D eigenvalue weighted by Gasteiger charge is 2.37. The van der Waals surface area contributed by atoms with Gasteiger partial charge >= 0.3 is 5.97 Å². The van der Waals surface area contributed by atoms with E-state index in [9.17, 15) is 9.59 Å². The maximum atomic E-state index is 12.2. The van der Waals surface area contributed by atoms with Crippen molar-refractivity contribution in [3.63, 3.8) is 0 Å². The predicted octanol–water partition coefficient (Wildman–Crippen LogP) is 3.51. The highest BCUT2D eigenvalue weighted by Crippen LogP contribution is 2.49. The molecular weight excluding hydrogens is 252 g/mol. The smallest absolute Gasteiger partial charge is 0.337 e. The van der Waals surface area contributed by atoms with Crippen LogP contribution in [0.3, 0.4) is 0 Å². The number of carbonyl (C=O) groups excluding carboxylic acids is 2. The second kappa shape index (κ2) is 6.21. The van der Waals surface area contributed by atoms with Gasteiger partial charge in [-0.1, -0.05) is 25.2 Å². The molecule has 0 aromatic heterocycles. The van der Waals surface area contributed by atoms with Crippen molar-refractivity contribution in [3.8, 4) is 0 Å². The summed E-state index contributed by atoms with van der Waals surface area (Å²) in [4.78, 5) is 23.8. The summed E-state index contributed by atoms with van der Waals surface area (Å²) in [5, 5.41) is 0. The van der Waals surface area contributed by atoms with Crippen LogP contribution >= 0.6 is 0 Å². The minimum absolute atomic E-state index is 0.174. The van der Waals surface area contributed by atoms with Crippen LogP contribution in [0.4, 0.5) is 0 Å². The van der Waals surface area contributed by atoms with E-state index in [4.69, 9.17) is 4.74 Å². The average molecular weight is 274 g/mol. The lowest BCUT2D eigenvalue weighted by molar-refractivity contribution is -0.138. The van der Waals surface area contributed by atoms with E-state index in [1.807, 2.05) is 6.08 Å². The zero-order chi connectivity index (χ0) is 14.6. The molecule has 0 aliphatic heterocycles. The fourth-order valence-corrected chi connectivity index (χ4v) is 2.22. The van der Waals surface area contributed by atoms with Crippen LogP contribution in [-0.4, -0.2) is 18.4 Å². The zero-order valence-electron chi connectivity index (χ0n) is 12.3. The second-order valence-corrected chi connectivity index (χ2v) is 5.84. The van der Waals surface area contributed by atoms with Gasteiger partial charge in [0.15, 0.2) is 5.78 Å². The van der Waals surface area contributed by atoms with E-state index >= 15 is 0 Å². The zero-order valence-corrected chi connectivity index (χ0v) is 12.3. The van der Waals surface area contributed by atoms with Crippen molar-refractivity contribution in [2.75, 3.05) is 6.61 Å². The molecule has 2 aliphatic carbocycles. The first-order valence-corrected chi connectivity index (χ1v) is 7.33. The van der Waals surface area contributed by atoms with E-state index in [1.165, 1.54) is 12.8 Å².